The summed E-state index contributed by atoms with van der Waals surface area (Å²) in [7, 11) is -4.56. The van der Waals surface area contributed by atoms with Crippen LogP contribution in [0.2, 0.25) is 0 Å². The minimum Gasteiger partial charge on any atom is -0.746 e. The standard InChI is InChI=1S/C55H24NO5P/c1-4-6-7-8-39-44-49-55(5-2)50-45-40-37-35-33-31-29-27-25-23-21-19-17-15-13-11-9-10-12-14-16-18-20-22-24-26-28-30-32-34-36-38-42-47-52-60-62(58,59)61-53-48-43-41-46-51-56-54(3)57/h1,5,41,43,46,48,51,53H2,2-3H3,(H,56,57)(H,58,59)/p-1. The maximum absolute atomic E-state index is 11.6. The number of hydrogen-bond donors (Lipinski definition) is 1. The first-order valence-electron chi connectivity index (χ1n) is 17.2. The van der Waals surface area contributed by atoms with Crippen LogP contribution in [0.4, 0.5) is 0 Å². The highest BCUT2D eigenvalue weighted by molar-refractivity contribution is 7.46. The van der Waals surface area contributed by atoms with Crippen LogP contribution in [0.5, 0.6) is 0 Å². The highest BCUT2D eigenvalue weighted by atomic mass is 31.2. The molecule has 284 valence electrons. The molecule has 0 aromatic rings. The Kier molecular flexibility index (Phi) is 34.9. The van der Waals surface area contributed by atoms with Crippen LogP contribution in [-0.4, -0.2) is 19.1 Å². The molecule has 62 heavy (non-hydrogen) atoms. The number of hydrogen-bond acceptors (Lipinski definition) is 5. The molecule has 0 radical (unpaired) electrons. The Labute approximate surface area is 365 Å². The molecule has 1 amide bonds. The third-order valence-corrected chi connectivity index (χ3v) is 5.90. The summed E-state index contributed by atoms with van der Waals surface area (Å²) in [5.41, 5.74) is 18.7. The molecule has 0 spiro atoms. The highest BCUT2D eigenvalue weighted by Crippen LogP contribution is 2.37. The molecule has 0 rings (SSSR count). The summed E-state index contributed by atoms with van der Waals surface area (Å²) in [6, 6.07) is 0. The third kappa shape index (κ3) is 42.4. The van der Waals surface area contributed by atoms with E-state index in [1.54, 1.807) is 0 Å². The molecule has 1 atom stereocenters. The molecular weight excluding hydrogens is 786 g/mol. The second-order valence-electron chi connectivity index (χ2n) is 9.50. The van der Waals surface area contributed by atoms with E-state index < -0.39 is 7.82 Å². The van der Waals surface area contributed by atoms with Crippen molar-refractivity contribution in [1.29, 1.82) is 0 Å². The highest BCUT2D eigenvalue weighted by Gasteiger charge is 2.07. The first kappa shape index (κ1) is 51.7. The van der Waals surface area contributed by atoms with E-state index in [1.165, 1.54) is 6.92 Å². The van der Waals surface area contributed by atoms with Crippen LogP contribution >= 0.6 is 7.82 Å². The van der Waals surface area contributed by atoms with Crippen molar-refractivity contribution in [3.05, 3.63) is 52.3 Å². The van der Waals surface area contributed by atoms with E-state index in [-0.39, 0.29) is 12.5 Å². The van der Waals surface area contributed by atoms with Gasteiger partial charge < -0.3 is 19.3 Å². The van der Waals surface area contributed by atoms with Crippen molar-refractivity contribution < 1.29 is 23.3 Å². The third-order valence-electron chi connectivity index (χ3n) is 5.08. The van der Waals surface area contributed by atoms with E-state index in [0.29, 0.717) is 25.0 Å². The van der Waals surface area contributed by atoms with Gasteiger partial charge in [-0.15, -0.1) is 0 Å². The lowest BCUT2D eigenvalue weighted by molar-refractivity contribution is -0.219. The number of phosphoric acid groups is 1. The van der Waals surface area contributed by atoms with Crippen molar-refractivity contribution in [3.8, 4) is 213 Å². The smallest absolute Gasteiger partial charge is 0.328 e. The maximum Gasteiger partial charge on any atom is 0.328 e. The minimum absolute atomic E-state index is 0.0335. The van der Waals surface area contributed by atoms with Crippen LogP contribution in [0.1, 0.15) is 46.0 Å². The minimum atomic E-state index is -4.56. The predicted octanol–water partition coefficient (Wildman–Crippen LogP) is 3.26. The van der Waals surface area contributed by atoms with Gasteiger partial charge in [-0.3, -0.25) is 9.36 Å². The van der Waals surface area contributed by atoms with E-state index >= 15 is 0 Å². The number of phosphoric ester groups is 1. The monoisotopic (exact) mass is 808 g/mol. The van der Waals surface area contributed by atoms with Crippen LogP contribution in [0.15, 0.2) is 52.3 Å². The zero-order chi connectivity index (χ0) is 45.1. The molecule has 0 heterocycles. The van der Waals surface area contributed by atoms with Gasteiger partial charge in [-0.25, -0.2) is 0 Å². The Bertz CT molecular complexity index is 3300. The molecule has 7 heteroatoms. The van der Waals surface area contributed by atoms with Crippen molar-refractivity contribution in [2.24, 2.45) is 0 Å². The molecule has 1 N–H and O–H groups in total. The van der Waals surface area contributed by atoms with Gasteiger partial charge in [0.25, 0.3) is 0 Å². The summed E-state index contributed by atoms with van der Waals surface area (Å²) in [6.45, 7) is 7.26. The molecule has 0 saturated carbocycles. The van der Waals surface area contributed by atoms with Crippen molar-refractivity contribution in [2.75, 3.05) is 13.2 Å². The van der Waals surface area contributed by atoms with Gasteiger partial charge in [-0.2, -0.15) is 0 Å². The lowest BCUT2D eigenvalue weighted by Crippen LogP contribution is -2.20. The maximum atomic E-state index is 11.6. The molecular formula is C55H23NO5P-. The van der Waals surface area contributed by atoms with Crippen LogP contribution in [0.25, 0.3) is 0 Å². The average molecular weight is 809 g/mol. The number of carbonyl (C=O) groups excluding carboxylic acids is 1. The summed E-state index contributed by atoms with van der Waals surface area (Å²) in [6.07, 6.45) is 5.45. The Morgan fingerprint density at radius 1 is 0.516 bits per heavy atom. The van der Waals surface area contributed by atoms with E-state index in [9.17, 15) is 14.3 Å². The van der Waals surface area contributed by atoms with Crippen molar-refractivity contribution in [3.63, 3.8) is 0 Å². The lowest BCUT2D eigenvalue weighted by Gasteiger charge is -2.18. The average Bonchev–Trinajstić information content (AvgIpc) is 3.25. The van der Waals surface area contributed by atoms with E-state index in [2.05, 4.69) is 264 Å². The molecule has 6 nitrogen and oxygen atoms in total. The number of allylic oxidation sites excluding steroid dienone is 1. The lowest BCUT2D eigenvalue weighted by atomic mass is 10.2. The summed E-state index contributed by atoms with van der Waals surface area (Å²) in [5.74, 6) is 87.0. The van der Waals surface area contributed by atoms with Crippen molar-refractivity contribution in [2.45, 2.75) is 46.0 Å². The zero-order valence-corrected chi connectivity index (χ0v) is 34.0. The van der Waals surface area contributed by atoms with Gasteiger partial charge in [0.15, 0.2) is 0 Å². The van der Waals surface area contributed by atoms with E-state index in [1.807, 2.05) is 13.0 Å². The number of carbonyl (C=O) groups is 1. The fourth-order valence-electron chi connectivity index (χ4n) is 2.71. The Morgan fingerprint density at radius 3 is 1.26 bits per heavy atom. The molecule has 0 aliphatic heterocycles. The molecule has 1 unspecified atom stereocenters. The SMILES string of the molecule is C=C=C=C=C=C=C=C=C(C#CC#CC#CC#CC#CC#CC#CC#CC#CC#CC#CC#CC#CC#CC#CC#CC#CC#COP(=O)([O-])OCCCCCCNC(C)=O)CC. The fraction of sp³-hybridized carbons (Fsp3) is 0.164. The van der Waals surface area contributed by atoms with Crippen molar-refractivity contribution in [1.82, 2.24) is 5.32 Å². The summed E-state index contributed by atoms with van der Waals surface area (Å²) >= 11 is 0. The Hall–Kier alpha value is -10.3. The molecule has 0 saturated heterocycles. The Balaban J connectivity index is 4.60. The van der Waals surface area contributed by atoms with E-state index in [4.69, 9.17) is 4.52 Å². The number of amides is 1. The molecule has 0 aromatic carbocycles. The van der Waals surface area contributed by atoms with Gasteiger partial charge >= 0.3 is 7.82 Å². The second-order valence-corrected chi connectivity index (χ2v) is 10.8. The fourth-order valence-corrected chi connectivity index (χ4v) is 3.27. The zero-order valence-electron chi connectivity index (χ0n) is 33.1. The van der Waals surface area contributed by atoms with Gasteiger partial charge in [0.05, 0.1) is 12.2 Å². The van der Waals surface area contributed by atoms with Crippen LogP contribution in [0, 0.1) is 213 Å². The predicted molar refractivity (Wildman–Crippen MR) is 236 cm³/mol. The van der Waals surface area contributed by atoms with Crippen molar-refractivity contribution >= 4 is 13.7 Å². The molecule has 0 fully saturated rings. The van der Waals surface area contributed by atoms with Crippen LogP contribution in [0.3, 0.4) is 0 Å². The largest absolute Gasteiger partial charge is 0.746 e. The van der Waals surface area contributed by atoms with Gasteiger partial charge in [-0.05, 0) is 114 Å². The number of rotatable bonds is 10. The first-order chi connectivity index (χ1) is 30.4. The second kappa shape index (κ2) is 41.9. The quantitative estimate of drug-likeness (QED) is 0.159. The van der Waals surface area contributed by atoms with Gasteiger partial charge in [0, 0.05) is 167 Å². The van der Waals surface area contributed by atoms with Gasteiger partial charge in [-0.1, -0.05) is 25.5 Å². The number of nitrogens with one attached hydrogen (secondary N) is 1. The van der Waals surface area contributed by atoms with Crippen LogP contribution < -0.4 is 10.2 Å². The molecule has 0 bridgehead atoms. The topological polar surface area (TPSA) is 87.7 Å². The summed E-state index contributed by atoms with van der Waals surface area (Å²) in [4.78, 5) is 22.4. The normalized spacial score (nSPS) is 6.95. The molecule has 0 aliphatic carbocycles. The first-order valence-corrected chi connectivity index (χ1v) is 18.7. The van der Waals surface area contributed by atoms with Crippen LogP contribution in [-0.2, 0) is 18.4 Å². The van der Waals surface area contributed by atoms with E-state index in [0.717, 1.165) is 19.3 Å². The van der Waals surface area contributed by atoms with Gasteiger partial charge in [0.2, 0.25) is 5.91 Å². The number of unbranched alkanes of at least 4 members (excludes halogenated alkanes) is 3. The molecule has 0 aliphatic rings. The molecule has 0 aromatic heterocycles. The Morgan fingerprint density at radius 2 is 0.871 bits per heavy atom. The summed E-state index contributed by atoms with van der Waals surface area (Å²) in [5, 5.41) is 2.68. The van der Waals surface area contributed by atoms with Gasteiger partial charge in [0.1, 0.15) is 6.11 Å². The summed E-state index contributed by atoms with van der Waals surface area (Å²) < 4.78 is 20.7.